The van der Waals surface area contributed by atoms with Gasteiger partial charge in [0.15, 0.2) is 0 Å². The Hall–Kier alpha value is -3.47. The van der Waals surface area contributed by atoms with Crippen molar-refractivity contribution in [1.29, 1.82) is 0 Å². The van der Waals surface area contributed by atoms with E-state index < -0.39 is 12.1 Å². The molecule has 0 fully saturated rings. The minimum absolute atomic E-state index is 0.0788. The first kappa shape index (κ1) is 77.5. The monoisotopic (exact) mass is 1120 g/mol. The van der Waals surface area contributed by atoms with E-state index in [-0.39, 0.29) is 12.5 Å². The van der Waals surface area contributed by atoms with Gasteiger partial charge in [0, 0.05) is 6.42 Å². The molecule has 464 valence electrons. The van der Waals surface area contributed by atoms with Crippen molar-refractivity contribution in [1.82, 2.24) is 5.32 Å². The van der Waals surface area contributed by atoms with Crippen molar-refractivity contribution in [3.05, 3.63) is 134 Å². The van der Waals surface area contributed by atoms with Gasteiger partial charge >= 0.3 is 0 Å². The summed E-state index contributed by atoms with van der Waals surface area (Å²) in [7, 11) is 0. The minimum Gasteiger partial charge on any atom is -0.394 e. The number of rotatable bonds is 63. The lowest BCUT2D eigenvalue weighted by atomic mass is 10.0. The third-order valence-corrected chi connectivity index (χ3v) is 15.4. The molecule has 0 radical (unpaired) electrons. The van der Waals surface area contributed by atoms with Crippen LogP contribution in [0.4, 0.5) is 0 Å². The van der Waals surface area contributed by atoms with Gasteiger partial charge in [-0.05, 0) is 103 Å². The van der Waals surface area contributed by atoms with E-state index in [0.29, 0.717) is 6.42 Å². The number of hydrogen-bond acceptors (Lipinski definition) is 3. The first-order valence-electron chi connectivity index (χ1n) is 34.9. The minimum atomic E-state index is -0.874. The molecule has 0 aliphatic heterocycles. The van der Waals surface area contributed by atoms with Gasteiger partial charge in [-0.2, -0.15) is 0 Å². The summed E-state index contributed by atoms with van der Waals surface area (Å²) >= 11 is 0. The molecule has 0 aromatic rings. The fourth-order valence-electron chi connectivity index (χ4n) is 10.1. The van der Waals surface area contributed by atoms with Crippen LogP contribution in [0.2, 0.25) is 0 Å². The van der Waals surface area contributed by atoms with Gasteiger partial charge < -0.3 is 15.5 Å². The van der Waals surface area contributed by atoms with E-state index in [0.717, 1.165) is 89.9 Å². The molecule has 0 saturated carbocycles. The maximum Gasteiger partial charge on any atom is 0.220 e. The molecule has 1 amide bonds. The fraction of sp³-hybridized carbons (Fsp3) is 0.701. The summed E-state index contributed by atoms with van der Waals surface area (Å²) in [4.78, 5) is 12.5. The quantitative estimate of drug-likeness (QED) is 0.0420. The molecular weight excluding hydrogens is 987 g/mol. The average Bonchev–Trinajstić information content (AvgIpc) is 3.47. The van der Waals surface area contributed by atoms with Crippen molar-refractivity contribution in [3.63, 3.8) is 0 Å². The van der Waals surface area contributed by atoms with E-state index in [4.69, 9.17) is 0 Å². The molecule has 81 heavy (non-hydrogen) atoms. The van der Waals surface area contributed by atoms with E-state index in [2.05, 4.69) is 141 Å². The van der Waals surface area contributed by atoms with E-state index in [9.17, 15) is 15.0 Å². The van der Waals surface area contributed by atoms with Crippen molar-refractivity contribution in [2.45, 2.75) is 341 Å². The summed E-state index contributed by atoms with van der Waals surface area (Å²) in [6.07, 6.45) is 110. The van der Waals surface area contributed by atoms with Crippen LogP contribution in [0.1, 0.15) is 328 Å². The second kappa shape index (κ2) is 70.8. The Balaban J connectivity index is 3.57. The number of allylic oxidation sites excluding steroid dienone is 21. The average molecular weight is 1120 g/mol. The predicted octanol–water partition coefficient (Wildman–Crippen LogP) is 24.1. The van der Waals surface area contributed by atoms with E-state index >= 15 is 0 Å². The van der Waals surface area contributed by atoms with Crippen LogP contribution in [0.15, 0.2) is 134 Å². The van der Waals surface area contributed by atoms with Crippen molar-refractivity contribution < 1.29 is 15.0 Å². The Morgan fingerprint density at radius 1 is 0.309 bits per heavy atom. The summed E-state index contributed by atoms with van der Waals surface area (Å²) < 4.78 is 0. The zero-order chi connectivity index (χ0) is 58.4. The summed E-state index contributed by atoms with van der Waals surface area (Å²) in [5, 5.41) is 23.3. The van der Waals surface area contributed by atoms with Gasteiger partial charge in [-0.15, -0.1) is 0 Å². The number of aliphatic hydroxyl groups is 2. The van der Waals surface area contributed by atoms with Crippen LogP contribution in [-0.4, -0.2) is 34.9 Å². The summed E-state index contributed by atoms with van der Waals surface area (Å²) in [6.45, 7) is 4.20. The third-order valence-electron chi connectivity index (χ3n) is 15.4. The summed E-state index contributed by atoms with van der Waals surface area (Å²) in [6, 6.07) is -0.651. The smallest absolute Gasteiger partial charge is 0.220 e. The second-order valence-corrected chi connectivity index (χ2v) is 23.2. The van der Waals surface area contributed by atoms with Crippen molar-refractivity contribution >= 4 is 5.91 Å². The standard InChI is InChI=1S/C77H133NO3/c1-3-5-7-9-11-13-15-17-19-21-23-25-27-29-31-33-35-36-37-38-39-40-41-42-43-45-47-49-51-53-55-57-59-61-63-65-67-69-71-73-77(81)78-75(74-79)76(80)72-70-68-66-64-62-60-58-56-54-52-50-48-46-44-34-32-30-28-26-24-22-20-18-16-14-12-10-8-6-4-2/h5,7,11,13,17,19,23,25,29,31,35-36,38-39,41-42,45,47,62,64,70,72,75-76,79-80H,3-4,6,8-10,12,14-16,18,20-22,24,26-28,30,32-34,37,40,43-44,46,48-61,63,65-69,71,73-74H2,1-2H3,(H,78,81)/b7-5-,13-11-,19-17-,25-23-,31-29-,36-35-,39-38-,42-41-,47-45-,64-62+,72-70+. The Morgan fingerprint density at radius 2 is 0.556 bits per heavy atom. The van der Waals surface area contributed by atoms with Crippen LogP contribution in [0, 0.1) is 0 Å². The summed E-state index contributed by atoms with van der Waals surface area (Å²) in [5.74, 6) is -0.0788. The lowest BCUT2D eigenvalue weighted by Crippen LogP contribution is -2.45. The van der Waals surface area contributed by atoms with Gasteiger partial charge in [-0.3, -0.25) is 4.79 Å². The molecule has 2 atom stereocenters. The largest absolute Gasteiger partial charge is 0.394 e. The number of aliphatic hydroxyl groups excluding tert-OH is 2. The van der Waals surface area contributed by atoms with Gasteiger partial charge in [0.1, 0.15) is 0 Å². The highest BCUT2D eigenvalue weighted by Crippen LogP contribution is 2.17. The maximum absolute atomic E-state index is 12.5. The number of hydrogen-bond donors (Lipinski definition) is 3. The van der Waals surface area contributed by atoms with Gasteiger partial charge in [0.05, 0.1) is 18.8 Å². The molecule has 0 rings (SSSR count). The molecule has 0 aromatic carbocycles. The zero-order valence-corrected chi connectivity index (χ0v) is 53.5. The second-order valence-electron chi connectivity index (χ2n) is 23.2. The van der Waals surface area contributed by atoms with E-state index in [1.54, 1.807) is 6.08 Å². The first-order valence-corrected chi connectivity index (χ1v) is 34.9. The molecule has 0 aliphatic carbocycles. The van der Waals surface area contributed by atoms with Crippen LogP contribution in [0.3, 0.4) is 0 Å². The van der Waals surface area contributed by atoms with Gasteiger partial charge in [0.25, 0.3) is 0 Å². The van der Waals surface area contributed by atoms with E-state index in [1.165, 1.54) is 218 Å². The highest BCUT2D eigenvalue weighted by molar-refractivity contribution is 5.76. The number of carbonyl (C=O) groups excluding carboxylic acids is 1. The molecule has 4 nitrogen and oxygen atoms in total. The first-order chi connectivity index (χ1) is 40.2. The Labute approximate surface area is 504 Å². The van der Waals surface area contributed by atoms with Crippen LogP contribution in [0.25, 0.3) is 0 Å². The molecular formula is C77H133NO3. The highest BCUT2D eigenvalue weighted by atomic mass is 16.3. The van der Waals surface area contributed by atoms with Crippen molar-refractivity contribution in [2.75, 3.05) is 6.61 Å². The van der Waals surface area contributed by atoms with Gasteiger partial charge in [-0.1, -0.05) is 353 Å². The predicted molar refractivity (Wildman–Crippen MR) is 363 cm³/mol. The van der Waals surface area contributed by atoms with Crippen LogP contribution in [-0.2, 0) is 4.79 Å². The number of nitrogens with one attached hydrogen (secondary N) is 1. The topological polar surface area (TPSA) is 69.6 Å². The Morgan fingerprint density at radius 3 is 0.864 bits per heavy atom. The molecule has 0 bridgehead atoms. The number of unbranched alkanes of at least 4 members (excludes halogenated alkanes) is 36. The Kier molecular flexibility index (Phi) is 67.8. The lowest BCUT2D eigenvalue weighted by molar-refractivity contribution is -0.123. The third kappa shape index (κ3) is 67.2. The molecule has 0 aliphatic rings. The molecule has 3 N–H and O–H groups in total. The maximum atomic E-state index is 12.5. The van der Waals surface area contributed by atoms with Crippen LogP contribution < -0.4 is 5.32 Å². The molecule has 0 spiro atoms. The normalized spacial score (nSPS) is 13.6. The Bertz CT molecular complexity index is 1600. The van der Waals surface area contributed by atoms with Gasteiger partial charge in [0.2, 0.25) is 5.91 Å². The van der Waals surface area contributed by atoms with Crippen LogP contribution in [0.5, 0.6) is 0 Å². The van der Waals surface area contributed by atoms with Gasteiger partial charge in [-0.25, -0.2) is 0 Å². The number of carbonyl (C=O) groups is 1. The molecule has 0 saturated heterocycles. The van der Waals surface area contributed by atoms with Crippen molar-refractivity contribution in [3.8, 4) is 0 Å². The van der Waals surface area contributed by atoms with Crippen molar-refractivity contribution in [2.24, 2.45) is 0 Å². The fourth-order valence-corrected chi connectivity index (χ4v) is 10.1. The number of amides is 1. The van der Waals surface area contributed by atoms with E-state index in [1.807, 2.05) is 6.08 Å². The molecule has 2 unspecified atom stereocenters. The lowest BCUT2D eigenvalue weighted by Gasteiger charge is -2.19. The highest BCUT2D eigenvalue weighted by Gasteiger charge is 2.18. The summed E-state index contributed by atoms with van der Waals surface area (Å²) in [5.41, 5.74) is 0. The SMILES string of the molecule is CC/C=C\C/C=C\C/C=C\C/C=C\C/C=C\C/C=C\C/C=C\C/C=C\C/C=C\CCCCCCCCCCCCCC(=O)NC(CO)C(O)/C=C/CC/C=C/CCCCCCCCCCCCCCCCCCCCCCCCCC. The zero-order valence-electron chi connectivity index (χ0n) is 53.5. The van der Waals surface area contributed by atoms with Crippen LogP contribution >= 0.6 is 0 Å². The molecule has 0 heterocycles. The molecule has 4 heteroatoms. The molecule has 0 aromatic heterocycles.